The van der Waals surface area contributed by atoms with Crippen LogP contribution in [-0.4, -0.2) is 10.7 Å². The van der Waals surface area contributed by atoms with Crippen molar-refractivity contribution in [3.8, 4) is 0 Å². The smallest absolute Gasteiger partial charge is 0.0743 e. The first-order valence-electron chi connectivity index (χ1n) is 9.20. The van der Waals surface area contributed by atoms with Gasteiger partial charge in [-0.25, -0.2) is 0 Å². The third-order valence-electron chi connectivity index (χ3n) is 8.10. The van der Waals surface area contributed by atoms with Gasteiger partial charge < -0.3 is 5.11 Å². The fourth-order valence-corrected chi connectivity index (χ4v) is 7.45. The Labute approximate surface area is 124 Å². The molecule has 6 atom stereocenters. The maximum atomic E-state index is 11.1. The molecule has 0 aromatic carbocycles. The van der Waals surface area contributed by atoms with Crippen LogP contribution in [0.4, 0.5) is 0 Å². The molecule has 0 radical (unpaired) electrons. The predicted octanol–water partition coefficient (Wildman–Crippen LogP) is 4.78. The van der Waals surface area contributed by atoms with E-state index in [0.717, 1.165) is 24.2 Å². The van der Waals surface area contributed by atoms with Gasteiger partial charge in [-0.2, -0.15) is 0 Å². The van der Waals surface area contributed by atoms with Crippen LogP contribution in [0.1, 0.15) is 78.6 Å². The summed E-state index contributed by atoms with van der Waals surface area (Å²) in [4.78, 5) is 0. The van der Waals surface area contributed by atoms with Crippen LogP contribution in [0, 0.1) is 34.5 Å². The number of rotatable bonds is 5. The van der Waals surface area contributed by atoms with Crippen molar-refractivity contribution in [2.75, 3.05) is 0 Å². The largest absolute Gasteiger partial charge is 0.389 e. The summed E-state index contributed by atoms with van der Waals surface area (Å²) in [6, 6.07) is 0. The molecular weight excluding hydrogens is 244 g/mol. The number of hydrogen-bond donors (Lipinski definition) is 1. The van der Waals surface area contributed by atoms with Gasteiger partial charge in [0.1, 0.15) is 0 Å². The second-order valence-electron chi connectivity index (χ2n) is 9.12. The van der Waals surface area contributed by atoms with E-state index in [-0.39, 0.29) is 5.60 Å². The first-order valence-corrected chi connectivity index (χ1v) is 9.20. The molecule has 1 heteroatoms. The van der Waals surface area contributed by atoms with Gasteiger partial charge in [0.15, 0.2) is 0 Å². The zero-order valence-electron chi connectivity index (χ0n) is 13.6. The molecule has 0 amide bonds. The van der Waals surface area contributed by atoms with E-state index in [4.69, 9.17) is 0 Å². The van der Waals surface area contributed by atoms with Gasteiger partial charge in [-0.15, -0.1) is 0 Å². The number of fused-ring (bicyclic) bond motifs is 1. The normalized spacial score (nSPS) is 53.2. The molecule has 4 aliphatic rings. The monoisotopic (exact) mass is 276 g/mol. The Morgan fingerprint density at radius 1 is 1.10 bits per heavy atom. The van der Waals surface area contributed by atoms with Crippen LogP contribution in [0.3, 0.4) is 0 Å². The van der Waals surface area contributed by atoms with Crippen LogP contribution in [0.5, 0.6) is 0 Å². The minimum Gasteiger partial charge on any atom is -0.389 e. The molecule has 4 fully saturated rings. The third kappa shape index (κ3) is 1.30. The maximum absolute atomic E-state index is 11.1. The maximum Gasteiger partial charge on any atom is 0.0743 e. The van der Waals surface area contributed by atoms with Gasteiger partial charge in [-0.05, 0) is 67.6 Å². The van der Waals surface area contributed by atoms with Crippen LogP contribution >= 0.6 is 0 Å². The van der Waals surface area contributed by atoms with Crippen LogP contribution < -0.4 is 0 Å². The third-order valence-corrected chi connectivity index (χ3v) is 8.10. The highest BCUT2D eigenvalue weighted by molar-refractivity contribution is 5.42. The van der Waals surface area contributed by atoms with Crippen molar-refractivity contribution in [3.05, 3.63) is 0 Å². The molecule has 1 unspecified atom stereocenters. The Morgan fingerprint density at radius 2 is 1.90 bits per heavy atom. The van der Waals surface area contributed by atoms with Crippen LogP contribution in [0.2, 0.25) is 0 Å². The lowest BCUT2D eigenvalue weighted by molar-refractivity contribution is -0.179. The zero-order valence-corrected chi connectivity index (χ0v) is 13.6. The SMILES string of the molecule is CC(C)CCC[C@@H](C)[C@H]1CC[C@@H]2[C@@]13CC31CCC[C@@]21O. The summed E-state index contributed by atoms with van der Waals surface area (Å²) in [6.45, 7) is 7.20. The zero-order chi connectivity index (χ0) is 14.2. The topological polar surface area (TPSA) is 20.2 Å². The van der Waals surface area contributed by atoms with E-state index in [1.165, 1.54) is 51.4 Å². The quantitative estimate of drug-likeness (QED) is 0.766. The van der Waals surface area contributed by atoms with Crippen molar-refractivity contribution in [2.24, 2.45) is 34.5 Å². The highest BCUT2D eigenvalue weighted by atomic mass is 16.3. The Balaban J connectivity index is 1.45. The molecule has 0 aromatic heterocycles. The van der Waals surface area contributed by atoms with Gasteiger partial charge in [0.2, 0.25) is 0 Å². The first-order chi connectivity index (χ1) is 9.48. The Bertz CT molecular complexity index is 416. The highest BCUT2D eigenvalue weighted by Gasteiger charge is 2.93. The van der Waals surface area contributed by atoms with Crippen LogP contribution in [0.25, 0.3) is 0 Å². The minimum absolute atomic E-state index is 0.209. The summed E-state index contributed by atoms with van der Waals surface area (Å²) in [5, 5.41) is 11.1. The summed E-state index contributed by atoms with van der Waals surface area (Å²) in [7, 11) is 0. The van der Waals surface area contributed by atoms with E-state index >= 15 is 0 Å². The fourth-order valence-electron chi connectivity index (χ4n) is 7.45. The van der Waals surface area contributed by atoms with Crippen LogP contribution in [-0.2, 0) is 0 Å². The van der Waals surface area contributed by atoms with E-state index in [2.05, 4.69) is 20.8 Å². The lowest BCUT2D eigenvalue weighted by Gasteiger charge is -2.54. The molecule has 20 heavy (non-hydrogen) atoms. The average molecular weight is 276 g/mol. The van der Waals surface area contributed by atoms with Gasteiger partial charge in [0.05, 0.1) is 5.60 Å². The number of hydrogen-bond acceptors (Lipinski definition) is 1. The molecule has 114 valence electrons. The van der Waals surface area contributed by atoms with E-state index in [0.29, 0.717) is 16.7 Å². The van der Waals surface area contributed by atoms with Crippen LogP contribution in [0.15, 0.2) is 0 Å². The molecule has 0 bridgehead atoms. The molecule has 2 spiro atoms. The van der Waals surface area contributed by atoms with Gasteiger partial charge >= 0.3 is 0 Å². The second-order valence-corrected chi connectivity index (χ2v) is 9.12. The molecule has 1 N–H and O–H groups in total. The van der Waals surface area contributed by atoms with Crippen molar-refractivity contribution < 1.29 is 5.11 Å². The second kappa shape index (κ2) is 4.03. The van der Waals surface area contributed by atoms with E-state index in [1.54, 1.807) is 0 Å². The van der Waals surface area contributed by atoms with Crippen molar-refractivity contribution in [3.63, 3.8) is 0 Å². The molecule has 0 saturated heterocycles. The average Bonchev–Trinajstić information content (AvgIpc) is 2.65. The highest BCUT2D eigenvalue weighted by Crippen LogP contribution is 2.95. The molecule has 4 rings (SSSR count). The lowest BCUT2D eigenvalue weighted by atomic mass is 9.53. The van der Waals surface area contributed by atoms with Crippen molar-refractivity contribution in [1.82, 2.24) is 0 Å². The Morgan fingerprint density at radius 3 is 2.65 bits per heavy atom. The molecule has 4 saturated carbocycles. The van der Waals surface area contributed by atoms with E-state index < -0.39 is 0 Å². The van der Waals surface area contributed by atoms with Crippen molar-refractivity contribution in [1.29, 1.82) is 0 Å². The van der Waals surface area contributed by atoms with E-state index in [1.807, 2.05) is 0 Å². The van der Waals surface area contributed by atoms with Gasteiger partial charge in [0, 0.05) is 5.41 Å². The Kier molecular flexibility index (Phi) is 2.74. The fraction of sp³-hybridized carbons (Fsp3) is 1.00. The summed E-state index contributed by atoms with van der Waals surface area (Å²) in [6.07, 6.45) is 12.1. The molecular formula is C19H32O. The Hall–Kier alpha value is -0.0400. The summed E-state index contributed by atoms with van der Waals surface area (Å²) < 4.78 is 0. The molecule has 4 aliphatic carbocycles. The summed E-state index contributed by atoms with van der Waals surface area (Å²) >= 11 is 0. The first kappa shape index (κ1) is 13.6. The molecule has 0 aliphatic heterocycles. The van der Waals surface area contributed by atoms with Gasteiger partial charge in [0.25, 0.3) is 0 Å². The summed E-state index contributed by atoms with van der Waals surface area (Å²) in [5.41, 5.74) is 0.826. The van der Waals surface area contributed by atoms with Gasteiger partial charge in [-0.3, -0.25) is 0 Å². The number of aliphatic hydroxyl groups is 1. The summed E-state index contributed by atoms with van der Waals surface area (Å²) in [5.74, 6) is 3.38. The van der Waals surface area contributed by atoms with Crippen molar-refractivity contribution in [2.45, 2.75) is 84.2 Å². The predicted molar refractivity (Wildman–Crippen MR) is 82.4 cm³/mol. The van der Waals surface area contributed by atoms with Crippen molar-refractivity contribution >= 4 is 0 Å². The molecule has 0 heterocycles. The minimum atomic E-state index is -0.209. The van der Waals surface area contributed by atoms with Gasteiger partial charge in [-0.1, -0.05) is 40.0 Å². The molecule has 0 aromatic rings. The van der Waals surface area contributed by atoms with E-state index in [9.17, 15) is 5.11 Å². The molecule has 1 nitrogen and oxygen atoms in total. The standard InChI is InChI=1S/C19H32O/c1-13(2)6-4-7-14(3)15-8-9-16-18(15)12-17(18)10-5-11-19(16,17)20/h13-16,20H,4-12H2,1-3H3/t14-,15-,16-,17?,18-,19-/m1/s1. The lowest BCUT2D eigenvalue weighted by Crippen LogP contribution is -2.59.